The Morgan fingerprint density at radius 2 is 2.31 bits per heavy atom. The predicted molar refractivity (Wildman–Crippen MR) is 72.6 cm³/mol. The summed E-state index contributed by atoms with van der Waals surface area (Å²) in [6.45, 7) is 1.93. The van der Waals surface area contributed by atoms with Crippen LogP contribution >= 0.6 is 24.4 Å². The zero-order valence-electron chi connectivity index (χ0n) is 9.23. The largest absolute Gasteiger partial charge is 0.388 e. The van der Waals surface area contributed by atoms with Crippen LogP contribution in [0.2, 0.25) is 0 Å². The first kappa shape index (κ1) is 11.7. The monoisotopic (exact) mass is 254 g/mol. The quantitative estimate of drug-likeness (QED) is 0.795. The van der Waals surface area contributed by atoms with Gasteiger partial charge >= 0.3 is 0 Å². The van der Waals surface area contributed by atoms with Gasteiger partial charge < -0.3 is 10.2 Å². The van der Waals surface area contributed by atoms with Crippen LogP contribution < -0.4 is 10.2 Å². The van der Waals surface area contributed by atoms with Crippen molar-refractivity contribution in [1.82, 2.24) is 0 Å². The highest BCUT2D eigenvalue weighted by atomic mass is 32.2. The van der Waals surface area contributed by atoms with Gasteiger partial charge in [0.2, 0.25) is 5.91 Å². The molecule has 0 saturated heterocycles. The average molecular weight is 254 g/mol. The maximum Gasteiger partial charge on any atom is 0.240 e. The molecule has 0 fully saturated rings. The van der Waals surface area contributed by atoms with Gasteiger partial charge in [-0.2, -0.15) is 12.6 Å². The van der Waals surface area contributed by atoms with Crippen molar-refractivity contribution in [2.75, 3.05) is 23.1 Å². The van der Waals surface area contributed by atoms with Crippen LogP contribution in [0.15, 0.2) is 23.1 Å². The standard InChI is InChI=1S/C11H14N2OS2/c1-7-11(14)13(6-15)9-5-8(12-2)3-4-10(9)16-7/h3-5,7,12,15H,6H2,1-2H3. The highest BCUT2D eigenvalue weighted by Gasteiger charge is 2.29. The lowest BCUT2D eigenvalue weighted by molar-refractivity contribution is -0.117. The van der Waals surface area contributed by atoms with Crippen LogP contribution in [0.1, 0.15) is 6.92 Å². The molecule has 1 aliphatic heterocycles. The molecule has 0 spiro atoms. The summed E-state index contributed by atoms with van der Waals surface area (Å²) in [5, 5.41) is 3.05. The van der Waals surface area contributed by atoms with E-state index < -0.39 is 0 Å². The van der Waals surface area contributed by atoms with E-state index >= 15 is 0 Å². The fraction of sp³-hybridized carbons (Fsp3) is 0.364. The molecular weight excluding hydrogens is 240 g/mol. The number of thioether (sulfide) groups is 1. The molecule has 1 atom stereocenters. The number of benzene rings is 1. The average Bonchev–Trinajstić information content (AvgIpc) is 2.30. The Morgan fingerprint density at radius 1 is 1.56 bits per heavy atom. The summed E-state index contributed by atoms with van der Waals surface area (Å²) < 4.78 is 0. The van der Waals surface area contributed by atoms with Crippen LogP contribution in [0.4, 0.5) is 11.4 Å². The van der Waals surface area contributed by atoms with Crippen molar-refractivity contribution < 1.29 is 4.79 Å². The molecule has 1 aromatic carbocycles. The van der Waals surface area contributed by atoms with Gasteiger partial charge in [-0.3, -0.25) is 4.79 Å². The fourth-order valence-electron chi connectivity index (χ4n) is 1.71. The van der Waals surface area contributed by atoms with E-state index in [9.17, 15) is 4.79 Å². The van der Waals surface area contributed by atoms with Crippen LogP contribution in [0.5, 0.6) is 0 Å². The number of rotatable bonds is 2. The van der Waals surface area contributed by atoms with E-state index in [2.05, 4.69) is 17.9 Å². The highest BCUT2D eigenvalue weighted by molar-refractivity contribution is 8.01. The van der Waals surface area contributed by atoms with Crippen molar-refractivity contribution in [3.05, 3.63) is 18.2 Å². The fourth-order valence-corrected chi connectivity index (χ4v) is 3.05. The van der Waals surface area contributed by atoms with Gasteiger partial charge in [-0.25, -0.2) is 0 Å². The summed E-state index contributed by atoms with van der Waals surface area (Å²) in [7, 11) is 1.87. The molecule has 0 saturated carbocycles. The maximum absolute atomic E-state index is 12.0. The summed E-state index contributed by atoms with van der Waals surface area (Å²) in [5.41, 5.74) is 1.96. The minimum absolute atomic E-state index is 0.0277. The zero-order valence-corrected chi connectivity index (χ0v) is 10.9. The van der Waals surface area contributed by atoms with Crippen LogP contribution in [-0.4, -0.2) is 24.1 Å². The highest BCUT2D eigenvalue weighted by Crippen LogP contribution is 2.40. The van der Waals surface area contributed by atoms with E-state index in [1.165, 1.54) is 0 Å². The summed E-state index contributed by atoms with van der Waals surface area (Å²) >= 11 is 5.83. The second-order valence-corrected chi connectivity index (χ2v) is 5.27. The van der Waals surface area contributed by atoms with Crippen molar-refractivity contribution in [3.63, 3.8) is 0 Å². The molecule has 1 heterocycles. The molecule has 0 bridgehead atoms. The lowest BCUT2D eigenvalue weighted by atomic mass is 10.2. The second kappa shape index (κ2) is 4.59. The third-order valence-electron chi connectivity index (χ3n) is 2.60. The van der Waals surface area contributed by atoms with Crippen molar-refractivity contribution in [2.45, 2.75) is 17.1 Å². The van der Waals surface area contributed by atoms with E-state index in [1.54, 1.807) is 16.7 Å². The number of fused-ring (bicyclic) bond motifs is 1. The van der Waals surface area contributed by atoms with Crippen LogP contribution in [0, 0.1) is 0 Å². The van der Waals surface area contributed by atoms with Crippen molar-refractivity contribution in [2.24, 2.45) is 0 Å². The van der Waals surface area contributed by atoms with Crippen LogP contribution in [0.3, 0.4) is 0 Å². The number of hydrogen-bond acceptors (Lipinski definition) is 4. The molecule has 5 heteroatoms. The Morgan fingerprint density at radius 3 is 2.94 bits per heavy atom. The Bertz CT molecular complexity index is 422. The van der Waals surface area contributed by atoms with E-state index in [0.29, 0.717) is 5.88 Å². The van der Waals surface area contributed by atoms with Crippen molar-refractivity contribution in [1.29, 1.82) is 0 Å². The van der Waals surface area contributed by atoms with Crippen LogP contribution in [-0.2, 0) is 4.79 Å². The maximum atomic E-state index is 12.0. The second-order valence-electron chi connectivity index (χ2n) is 3.60. The van der Waals surface area contributed by atoms with E-state index in [4.69, 9.17) is 0 Å². The van der Waals surface area contributed by atoms with Gasteiger partial charge in [-0.05, 0) is 25.1 Å². The molecule has 0 aliphatic carbocycles. The number of carbonyl (C=O) groups excluding carboxylic acids is 1. The number of carbonyl (C=O) groups is 1. The smallest absolute Gasteiger partial charge is 0.240 e. The molecule has 86 valence electrons. The number of nitrogens with zero attached hydrogens (tertiary/aromatic N) is 1. The zero-order chi connectivity index (χ0) is 11.7. The number of amides is 1. The lowest BCUT2D eigenvalue weighted by Gasteiger charge is -2.31. The Hall–Kier alpha value is -0.810. The molecule has 2 rings (SSSR count). The molecule has 1 amide bonds. The summed E-state index contributed by atoms with van der Waals surface area (Å²) in [5.74, 6) is 0.546. The van der Waals surface area contributed by atoms with E-state index in [0.717, 1.165) is 16.3 Å². The molecule has 1 aliphatic rings. The molecule has 3 nitrogen and oxygen atoms in total. The Kier molecular flexibility index (Phi) is 3.35. The number of anilines is 2. The van der Waals surface area contributed by atoms with E-state index in [1.807, 2.05) is 32.2 Å². The molecule has 1 unspecified atom stereocenters. The Balaban J connectivity index is 2.48. The summed E-state index contributed by atoms with van der Waals surface area (Å²) in [4.78, 5) is 14.8. The summed E-state index contributed by atoms with van der Waals surface area (Å²) in [6, 6.07) is 6.05. The van der Waals surface area contributed by atoms with Gasteiger partial charge in [-0.1, -0.05) is 0 Å². The number of nitrogens with one attached hydrogen (secondary N) is 1. The number of hydrogen-bond donors (Lipinski definition) is 2. The minimum atomic E-state index is -0.0277. The van der Waals surface area contributed by atoms with Crippen LogP contribution in [0.25, 0.3) is 0 Å². The van der Waals surface area contributed by atoms with Gasteiger partial charge in [0.15, 0.2) is 0 Å². The summed E-state index contributed by atoms with van der Waals surface area (Å²) in [6.07, 6.45) is 0. The van der Waals surface area contributed by atoms with E-state index in [-0.39, 0.29) is 11.2 Å². The van der Waals surface area contributed by atoms with Crippen molar-refractivity contribution >= 4 is 41.7 Å². The SMILES string of the molecule is CNc1ccc2c(c1)N(CS)C(=O)C(C)S2. The first-order valence-corrected chi connectivity index (χ1v) is 6.59. The normalized spacial score (nSPS) is 19.6. The van der Waals surface area contributed by atoms with Gasteiger partial charge in [0.25, 0.3) is 0 Å². The topological polar surface area (TPSA) is 32.3 Å². The van der Waals surface area contributed by atoms with Gasteiger partial charge in [-0.15, -0.1) is 11.8 Å². The van der Waals surface area contributed by atoms with Gasteiger partial charge in [0, 0.05) is 17.6 Å². The molecule has 1 N–H and O–H groups in total. The molecule has 16 heavy (non-hydrogen) atoms. The first-order chi connectivity index (χ1) is 7.67. The van der Waals surface area contributed by atoms with Crippen molar-refractivity contribution in [3.8, 4) is 0 Å². The molecule has 0 aromatic heterocycles. The lowest BCUT2D eigenvalue weighted by Crippen LogP contribution is -2.38. The first-order valence-electron chi connectivity index (χ1n) is 5.08. The minimum Gasteiger partial charge on any atom is -0.388 e. The third-order valence-corrected chi connectivity index (χ3v) is 4.03. The predicted octanol–water partition coefficient (Wildman–Crippen LogP) is 2.44. The molecular formula is C11H14N2OS2. The molecule has 0 radical (unpaired) electrons. The molecule has 1 aromatic rings. The van der Waals surface area contributed by atoms with Gasteiger partial charge in [0.1, 0.15) is 0 Å². The van der Waals surface area contributed by atoms with Gasteiger partial charge in [0.05, 0.1) is 16.8 Å². The Labute approximate surface area is 105 Å². The third kappa shape index (κ3) is 1.89. The number of thiol groups is 1.